The summed E-state index contributed by atoms with van der Waals surface area (Å²) in [5.74, 6) is 2.49. The molecule has 2 atom stereocenters. The largest absolute Gasteiger partial charge is 0.457 e. The number of ether oxygens (including phenoxy) is 1. The summed E-state index contributed by atoms with van der Waals surface area (Å²) < 4.78 is 7.87. The molecule has 0 spiro atoms. The third-order valence-electron chi connectivity index (χ3n) is 7.31. The van der Waals surface area contributed by atoms with E-state index in [1.165, 1.54) is 12.4 Å². The van der Waals surface area contributed by atoms with Crippen molar-refractivity contribution < 1.29 is 9.53 Å². The number of hydrogen-bond acceptors (Lipinski definition) is 10. The van der Waals surface area contributed by atoms with Crippen molar-refractivity contribution in [2.45, 2.75) is 32.9 Å². The Balaban J connectivity index is 1.23. The third kappa shape index (κ3) is 4.99. The second-order valence-corrected chi connectivity index (χ2v) is 10.2. The lowest BCUT2D eigenvalue weighted by Crippen LogP contribution is -2.58. The Kier molecular flexibility index (Phi) is 6.66. The van der Waals surface area contributed by atoms with Crippen molar-refractivity contribution >= 4 is 45.4 Å². The lowest BCUT2D eigenvalue weighted by atomic mass is 10.1. The molecule has 1 N–H and O–H groups in total. The van der Waals surface area contributed by atoms with Crippen LogP contribution in [-0.4, -0.2) is 70.9 Å². The SMILES string of the molecule is C=CC(=O)N1C[C@H](C)N(c2ncc3ncnc(Nc4ccc(Oc5ccc6c(c5)nnn6C)c(C)c4)c3n2)C[C@@H]1C. The molecule has 12 nitrogen and oxygen atoms in total. The summed E-state index contributed by atoms with van der Waals surface area (Å²) in [5, 5.41) is 11.6. The van der Waals surface area contributed by atoms with Crippen LogP contribution in [0.15, 0.2) is 61.6 Å². The van der Waals surface area contributed by atoms with Gasteiger partial charge in [0, 0.05) is 44.0 Å². The molecule has 3 aromatic heterocycles. The van der Waals surface area contributed by atoms with E-state index in [4.69, 9.17) is 9.72 Å². The first-order valence-corrected chi connectivity index (χ1v) is 13.3. The number of nitrogens with zero attached hydrogens (tertiary/aromatic N) is 9. The molecular formula is C29H30N10O2. The van der Waals surface area contributed by atoms with Crippen LogP contribution in [-0.2, 0) is 11.8 Å². The molecule has 0 aliphatic carbocycles. The second kappa shape index (κ2) is 10.5. The molecule has 0 radical (unpaired) electrons. The topological polar surface area (TPSA) is 127 Å². The Labute approximate surface area is 236 Å². The van der Waals surface area contributed by atoms with E-state index in [2.05, 4.69) is 49.0 Å². The molecule has 1 aliphatic rings. The minimum Gasteiger partial charge on any atom is -0.457 e. The highest BCUT2D eigenvalue weighted by molar-refractivity contribution is 5.88. The molecule has 2 aromatic carbocycles. The first-order valence-electron chi connectivity index (χ1n) is 13.3. The summed E-state index contributed by atoms with van der Waals surface area (Å²) in [7, 11) is 1.86. The minimum atomic E-state index is -0.0680. The van der Waals surface area contributed by atoms with Gasteiger partial charge in [-0.2, -0.15) is 0 Å². The zero-order valence-corrected chi connectivity index (χ0v) is 23.3. The maximum absolute atomic E-state index is 12.3. The van der Waals surface area contributed by atoms with Crippen molar-refractivity contribution in [2.24, 2.45) is 7.05 Å². The zero-order chi connectivity index (χ0) is 28.7. The number of piperazine rings is 1. The average Bonchev–Trinajstić information content (AvgIpc) is 3.34. The fraction of sp³-hybridized carbons (Fsp3) is 0.276. The van der Waals surface area contributed by atoms with Crippen LogP contribution < -0.4 is 15.0 Å². The van der Waals surface area contributed by atoms with Gasteiger partial charge in [0.1, 0.15) is 34.4 Å². The smallest absolute Gasteiger partial charge is 0.246 e. The number of amides is 1. The van der Waals surface area contributed by atoms with Crippen LogP contribution in [0.25, 0.3) is 22.1 Å². The number of aromatic nitrogens is 7. The highest BCUT2D eigenvalue weighted by Gasteiger charge is 2.32. The predicted molar refractivity (Wildman–Crippen MR) is 156 cm³/mol. The number of fused-ring (bicyclic) bond motifs is 2. The van der Waals surface area contributed by atoms with Gasteiger partial charge in [0.15, 0.2) is 5.82 Å². The number of anilines is 3. The van der Waals surface area contributed by atoms with Crippen LogP contribution in [0.3, 0.4) is 0 Å². The normalized spacial score (nSPS) is 17.2. The Morgan fingerprint density at radius 3 is 2.73 bits per heavy atom. The van der Waals surface area contributed by atoms with Gasteiger partial charge in [0.25, 0.3) is 0 Å². The van der Waals surface area contributed by atoms with Crippen LogP contribution in [0.1, 0.15) is 19.4 Å². The summed E-state index contributed by atoms with van der Waals surface area (Å²) in [6.07, 6.45) is 4.56. The molecule has 1 fully saturated rings. The van der Waals surface area contributed by atoms with Crippen LogP contribution in [0.2, 0.25) is 0 Å². The second-order valence-electron chi connectivity index (χ2n) is 10.2. The van der Waals surface area contributed by atoms with E-state index in [1.54, 1.807) is 10.9 Å². The molecule has 12 heteroatoms. The summed E-state index contributed by atoms with van der Waals surface area (Å²) in [6, 6.07) is 11.6. The fourth-order valence-corrected chi connectivity index (χ4v) is 5.09. The summed E-state index contributed by atoms with van der Waals surface area (Å²) in [4.78, 5) is 34.5. The van der Waals surface area contributed by atoms with Gasteiger partial charge in [0.2, 0.25) is 11.9 Å². The Morgan fingerprint density at radius 2 is 1.93 bits per heavy atom. The van der Waals surface area contributed by atoms with Gasteiger partial charge in [-0.05, 0) is 62.7 Å². The Hall–Kier alpha value is -5.13. The molecule has 0 bridgehead atoms. The quantitative estimate of drug-likeness (QED) is 0.308. The molecule has 41 heavy (non-hydrogen) atoms. The summed E-state index contributed by atoms with van der Waals surface area (Å²) >= 11 is 0. The molecule has 1 saturated heterocycles. The van der Waals surface area contributed by atoms with Gasteiger partial charge in [-0.15, -0.1) is 5.10 Å². The van der Waals surface area contributed by atoms with E-state index in [-0.39, 0.29) is 18.0 Å². The summed E-state index contributed by atoms with van der Waals surface area (Å²) in [6.45, 7) is 10.8. The van der Waals surface area contributed by atoms with Gasteiger partial charge in [-0.3, -0.25) is 4.79 Å². The maximum atomic E-state index is 12.3. The molecular weight excluding hydrogens is 520 g/mol. The molecule has 0 unspecified atom stereocenters. The summed E-state index contributed by atoms with van der Waals surface area (Å²) in [5.41, 5.74) is 4.72. The van der Waals surface area contributed by atoms with Gasteiger partial charge in [-0.1, -0.05) is 11.8 Å². The third-order valence-corrected chi connectivity index (χ3v) is 7.31. The van der Waals surface area contributed by atoms with Crippen LogP contribution in [0.4, 0.5) is 17.5 Å². The highest BCUT2D eigenvalue weighted by Crippen LogP contribution is 2.31. The number of carbonyl (C=O) groups excluding carboxylic acids is 1. The number of nitrogens with one attached hydrogen (secondary N) is 1. The van der Waals surface area contributed by atoms with E-state index in [0.29, 0.717) is 41.6 Å². The zero-order valence-electron chi connectivity index (χ0n) is 23.3. The van der Waals surface area contributed by atoms with Crippen LogP contribution >= 0.6 is 0 Å². The molecule has 6 rings (SSSR count). The van der Waals surface area contributed by atoms with Crippen LogP contribution in [0.5, 0.6) is 11.5 Å². The van der Waals surface area contributed by atoms with E-state index in [0.717, 1.165) is 28.0 Å². The Morgan fingerprint density at radius 1 is 1.07 bits per heavy atom. The first kappa shape index (κ1) is 26.1. The lowest BCUT2D eigenvalue weighted by molar-refractivity contribution is -0.128. The molecule has 1 aliphatic heterocycles. The van der Waals surface area contributed by atoms with Crippen molar-refractivity contribution in [1.29, 1.82) is 0 Å². The molecule has 0 saturated carbocycles. The first-order chi connectivity index (χ1) is 19.8. The van der Waals surface area contributed by atoms with Crippen molar-refractivity contribution in [2.75, 3.05) is 23.3 Å². The lowest BCUT2D eigenvalue weighted by Gasteiger charge is -2.43. The molecule has 208 valence electrons. The molecule has 1 amide bonds. The average molecular weight is 551 g/mol. The van der Waals surface area contributed by atoms with E-state index in [9.17, 15) is 4.79 Å². The molecule has 4 heterocycles. The van der Waals surface area contributed by atoms with Gasteiger partial charge in [0.05, 0.1) is 11.7 Å². The van der Waals surface area contributed by atoms with E-state index >= 15 is 0 Å². The fourth-order valence-electron chi connectivity index (χ4n) is 5.09. The van der Waals surface area contributed by atoms with Gasteiger partial charge in [-0.25, -0.2) is 24.6 Å². The number of carbonyl (C=O) groups is 1. The predicted octanol–water partition coefficient (Wildman–Crippen LogP) is 4.16. The number of benzene rings is 2. The molecule has 5 aromatic rings. The minimum absolute atomic E-state index is 0.00754. The van der Waals surface area contributed by atoms with E-state index in [1.807, 2.05) is 62.2 Å². The van der Waals surface area contributed by atoms with E-state index < -0.39 is 0 Å². The number of hydrogen-bond donors (Lipinski definition) is 1. The Bertz CT molecular complexity index is 1780. The standard InChI is InChI=1S/C29H30N10O2/c1-6-26(40)38-14-19(4)39(15-18(38)3)29-30-13-23-27(34-29)28(32-16-31-23)33-20-7-10-25(17(2)11-20)41-21-8-9-24-22(12-21)35-36-37(24)5/h6-13,16,18-19H,1,14-15H2,2-5H3,(H,31,32,33)/t18-,19-/m0/s1. The van der Waals surface area contributed by atoms with Crippen molar-refractivity contribution in [3.05, 3.63) is 67.1 Å². The maximum Gasteiger partial charge on any atom is 0.246 e. The van der Waals surface area contributed by atoms with Crippen molar-refractivity contribution in [3.63, 3.8) is 0 Å². The monoisotopic (exact) mass is 550 g/mol. The van der Waals surface area contributed by atoms with Crippen molar-refractivity contribution in [3.8, 4) is 11.5 Å². The van der Waals surface area contributed by atoms with Gasteiger partial charge >= 0.3 is 0 Å². The number of rotatable bonds is 6. The number of aryl methyl sites for hydroxylation is 2. The highest BCUT2D eigenvalue weighted by atomic mass is 16.5. The van der Waals surface area contributed by atoms with Crippen molar-refractivity contribution in [1.82, 2.24) is 39.8 Å². The van der Waals surface area contributed by atoms with Crippen LogP contribution in [0, 0.1) is 6.92 Å². The van der Waals surface area contributed by atoms with Gasteiger partial charge < -0.3 is 19.9 Å².